The van der Waals surface area contributed by atoms with Crippen LogP contribution in [0.2, 0.25) is 0 Å². The van der Waals surface area contributed by atoms with Gasteiger partial charge in [-0.3, -0.25) is 19.8 Å². The number of nitrogens with one attached hydrogen (secondary N) is 2. The van der Waals surface area contributed by atoms with Gasteiger partial charge in [-0.1, -0.05) is 18.2 Å². The number of hydrogen-bond acceptors (Lipinski definition) is 6. The maximum absolute atomic E-state index is 12.6. The average Bonchev–Trinajstić information content (AvgIpc) is 3.10. The van der Waals surface area contributed by atoms with Crippen LogP contribution in [-0.2, 0) is 20.7 Å². The van der Waals surface area contributed by atoms with Crippen LogP contribution < -0.4 is 5.32 Å². The van der Waals surface area contributed by atoms with E-state index in [9.17, 15) is 19.5 Å². The molecule has 1 aliphatic rings. The zero-order chi connectivity index (χ0) is 21.3. The van der Waals surface area contributed by atoms with Crippen LogP contribution in [0.15, 0.2) is 30.5 Å². The third kappa shape index (κ3) is 3.70. The monoisotopic (exact) mass is 402 g/mol. The molecular weight excluding hydrogens is 376 g/mol. The van der Waals surface area contributed by atoms with Gasteiger partial charge in [0.05, 0.1) is 6.61 Å². The van der Waals surface area contributed by atoms with E-state index >= 15 is 0 Å². The number of aromatic nitrogens is 1. The van der Waals surface area contributed by atoms with Crippen molar-refractivity contribution >= 4 is 28.8 Å². The fourth-order valence-electron chi connectivity index (χ4n) is 3.71. The first-order valence-corrected chi connectivity index (χ1v) is 9.43. The number of H-pyrrole nitrogens is 1. The fourth-order valence-corrected chi connectivity index (χ4v) is 3.71. The molecule has 1 fully saturated rings. The second kappa shape index (κ2) is 7.84. The van der Waals surface area contributed by atoms with Crippen molar-refractivity contribution in [2.75, 3.05) is 20.7 Å². The van der Waals surface area contributed by atoms with E-state index in [1.54, 1.807) is 6.92 Å². The smallest absolute Gasteiger partial charge is 0.327 e. The van der Waals surface area contributed by atoms with Crippen molar-refractivity contribution in [2.24, 2.45) is 0 Å². The highest BCUT2D eigenvalue weighted by Gasteiger charge is 2.52. The summed E-state index contributed by atoms with van der Waals surface area (Å²) in [5.74, 6) is -1.27. The first-order chi connectivity index (χ1) is 13.7. The number of ether oxygens (including phenoxy) is 1. The molecule has 3 amide bonds. The number of rotatable bonds is 6. The number of urea groups is 1. The minimum Gasteiger partial charge on any atom is -0.465 e. The lowest BCUT2D eigenvalue weighted by Gasteiger charge is -2.46. The summed E-state index contributed by atoms with van der Waals surface area (Å²) in [5.41, 5.74) is -0.111. The second-order valence-electron chi connectivity index (χ2n) is 7.34. The molecule has 3 N–H and O–H groups in total. The molecule has 2 aromatic rings. The van der Waals surface area contributed by atoms with E-state index in [4.69, 9.17) is 4.74 Å². The molecular formula is C20H26N4O5. The predicted octanol–water partition coefficient (Wildman–Crippen LogP) is 0.833. The molecule has 0 bridgehead atoms. The number of nitrogens with zero attached hydrogens (tertiary/aromatic N) is 2. The maximum Gasteiger partial charge on any atom is 0.327 e. The van der Waals surface area contributed by atoms with Gasteiger partial charge in [-0.2, -0.15) is 0 Å². The highest BCUT2D eigenvalue weighted by Crippen LogP contribution is 2.25. The van der Waals surface area contributed by atoms with E-state index in [2.05, 4.69) is 10.3 Å². The van der Waals surface area contributed by atoms with Crippen LogP contribution in [0.1, 0.15) is 19.4 Å². The number of amides is 3. The molecule has 156 valence electrons. The molecule has 9 heteroatoms. The number of likely N-dealkylation sites (N-methyl/N-ethyl adjacent to an activating group) is 2. The molecule has 0 saturated carbocycles. The quantitative estimate of drug-likeness (QED) is 0.617. The van der Waals surface area contributed by atoms with Crippen molar-refractivity contribution in [1.82, 2.24) is 20.1 Å². The third-order valence-corrected chi connectivity index (χ3v) is 5.28. The summed E-state index contributed by atoms with van der Waals surface area (Å²) >= 11 is 0. The van der Waals surface area contributed by atoms with Gasteiger partial charge < -0.3 is 19.7 Å². The van der Waals surface area contributed by atoms with Gasteiger partial charge in [-0.05, 0) is 25.5 Å². The van der Waals surface area contributed by atoms with Crippen LogP contribution in [0.5, 0.6) is 0 Å². The van der Waals surface area contributed by atoms with Crippen LogP contribution in [-0.4, -0.2) is 76.3 Å². The average molecular weight is 402 g/mol. The number of benzene rings is 1. The van der Waals surface area contributed by atoms with Gasteiger partial charge in [0.1, 0.15) is 12.2 Å². The van der Waals surface area contributed by atoms with E-state index < -0.39 is 35.7 Å². The lowest BCUT2D eigenvalue weighted by atomic mass is 9.95. The minimum absolute atomic E-state index is 0.183. The fraction of sp³-hybridized carbons (Fsp3) is 0.450. The standard InChI is InChI=1S/C20H26N4O5/c1-5-29-16(25)15(10-12-11-21-14-9-7-6-8-13(12)14)22-17-20(2,28)18(26)24(4)19(27)23(17)3/h6-9,11,15,17,21-22,28H,5,10H2,1-4H3/t15-,17+,20-/m0/s1. The highest BCUT2D eigenvalue weighted by molar-refractivity contribution is 6.01. The molecule has 1 aromatic carbocycles. The predicted molar refractivity (Wildman–Crippen MR) is 106 cm³/mol. The molecule has 0 aliphatic carbocycles. The zero-order valence-corrected chi connectivity index (χ0v) is 16.9. The van der Waals surface area contributed by atoms with Crippen LogP contribution in [0.3, 0.4) is 0 Å². The first-order valence-electron chi connectivity index (χ1n) is 9.43. The molecule has 3 atom stereocenters. The van der Waals surface area contributed by atoms with E-state index in [-0.39, 0.29) is 13.0 Å². The Morgan fingerprint density at radius 3 is 2.72 bits per heavy atom. The van der Waals surface area contributed by atoms with Gasteiger partial charge in [-0.25, -0.2) is 4.79 Å². The van der Waals surface area contributed by atoms with Gasteiger partial charge in [-0.15, -0.1) is 0 Å². The topological polar surface area (TPSA) is 115 Å². The molecule has 1 aliphatic heterocycles. The third-order valence-electron chi connectivity index (χ3n) is 5.28. The van der Waals surface area contributed by atoms with Crippen molar-refractivity contribution in [1.29, 1.82) is 0 Å². The Bertz CT molecular complexity index is 938. The molecule has 0 radical (unpaired) electrons. The molecule has 1 aromatic heterocycles. The van der Waals surface area contributed by atoms with E-state index in [1.165, 1.54) is 25.9 Å². The summed E-state index contributed by atoms with van der Waals surface area (Å²) in [4.78, 5) is 42.7. The number of carbonyl (C=O) groups is 3. The van der Waals surface area contributed by atoms with E-state index in [1.807, 2.05) is 30.5 Å². The molecule has 3 rings (SSSR count). The summed E-state index contributed by atoms with van der Waals surface area (Å²) in [6.45, 7) is 3.20. The lowest BCUT2D eigenvalue weighted by Crippen LogP contribution is -2.73. The Balaban J connectivity index is 1.92. The highest BCUT2D eigenvalue weighted by atomic mass is 16.5. The van der Waals surface area contributed by atoms with Gasteiger partial charge in [0.15, 0.2) is 5.60 Å². The Labute approximate surface area is 168 Å². The summed E-state index contributed by atoms with van der Waals surface area (Å²) in [6.07, 6.45) is 0.964. The number of para-hydroxylation sites is 1. The number of imide groups is 1. The van der Waals surface area contributed by atoms with Crippen molar-refractivity contribution in [2.45, 2.75) is 38.1 Å². The van der Waals surface area contributed by atoms with Crippen molar-refractivity contribution in [3.63, 3.8) is 0 Å². The van der Waals surface area contributed by atoms with Crippen LogP contribution in [0, 0.1) is 0 Å². The number of aliphatic hydroxyl groups is 1. The van der Waals surface area contributed by atoms with Crippen LogP contribution in [0.25, 0.3) is 10.9 Å². The first kappa shape index (κ1) is 20.8. The summed E-state index contributed by atoms with van der Waals surface area (Å²) in [7, 11) is 2.77. The Hall–Kier alpha value is -2.91. The Morgan fingerprint density at radius 2 is 2.03 bits per heavy atom. The molecule has 1 saturated heterocycles. The van der Waals surface area contributed by atoms with Gasteiger partial charge in [0.2, 0.25) is 0 Å². The largest absolute Gasteiger partial charge is 0.465 e. The zero-order valence-electron chi connectivity index (χ0n) is 16.9. The van der Waals surface area contributed by atoms with Crippen LogP contribution in [0.4, 0.5) is 4.79 Å². The Morgan fingerprint density at radius 1 is 1.34 bits per heavy atom. The van der Waals surface area contributed by atoms with Crippen molar-refractivity contribution < 1.29 is 24.2 Å². The SMILES string of the molecule is CCOC(=O)[C@H](Cc1c[nH]c2ccccc12)N[C@@H]1N(C)C(=O)N(C)C(=O)[C@@]1(C)O. The molecule has 29 heavy (non-hydrogen) atoms. The van der Waals surface area contributed by atoms with Gasteiger partial charge >= 0.3 is 12.0 Å². The molecule has 0 unspecified atom stereocenters. The van der Waals surface area contributed by atoms with Crippen molar-refractivity contribution in [3.05, 3.63) is 36.0 Å². The number of hydrogen-bond donors (Lipinski definition) is 3. The number of aromatic amines is 1. The number of esters is 1. The second-order valence-corrected chi connectivity index (χ2v) is 7.34. The number of carbonyl (C=O) groups excluding carboxylic acids is 3. The number of fused-ring (bicyclic) bond motifs is 1. The van der Waals surface area contributed by atoms with E-state index in [0.29, 0.717) is 0 Å². The summed E-state index contributed by atoms with van der Waals surface area (Å²) in [6, 6.07) is 6.23. The maximum atomic E-state index is 12.6. The summed E-state index contributed by atoms with van der Waals surface area (Å²) in [5, 5.41) is 14.8. The van der Waals surface area contributed by atoms with E-state index in [0.717, 1.165) is 21.4 Å². The lowest BCUT2D eigenvalue weighted by molar-refractivity contribution is -0.162. The summed E-state index contributed by atoms with van der Waals surface area (Å²) < 4.78 is 5.19. The minimum atomic E-state index is -1.91. The molecule has 2 heterocycles. The molecule has 9 nitrogen and oxygen atoms in total. The van der Waals surface area contributed by atoms with Gasteiger partial charge in [0, 0.05) is 37.6 Å². The van der Waals surface area contributed by atoms with Crippen LogP contribution >= 0.6 is 0 Å². The van der Waals surface area contributed by atoms with Crippen molar-refractivity contribution in [3.8, 4) is 0 Å². The molecule has 0 spiro atoms. The van der Waals surface area contributed by atoms with Gasteiger partial charge in [0.25, 0.3) is 5.91 Å². The normalized spacial score (nSPS) is 23.6. The Kier molecular flexibility index (Phi) is 5.63.